The fourth-order valence-electron chi connectivity index (χ4n) is 6.70. The Morgan fingerprint density at radius 2 is 0.750 bits per heavy atom. The monoisotopic (exact) mass is 704 g/mol. The normalized spacial score (nSPS) is 13.9. The fraction of sp³-hybridized carbons (Fsp3) is 0.975. The summed E-state index contributed by atoms with van der Waals surface area (Å²) in [4.78, 5) is 12.6. The van der Waals surface area contributed by atoms with Crippen LogP contribution in [0.5, 0.6) is 0 Å². The zero-order valence-electron chi connectivity index (χ0n) is 31.7. The molecule has 0 bridgehead atoms. The summed E-state index contributed by atoms with van der Waals surface area (Å²) in [6, 6.07) is -1.14. The van der Waals surface area contributed by atoms with Gasteiger partial charge in [0, 0.05) is 0 Å². The number of rotatable bonds is 38. The van der Waals surface area contributed by atoms with Crippen LogP contribution in [0.3, 0.4) is 0 Å². The molecule has 3 atom stereocenters. The van der Waals surface area contributed by atoms with E-state index in [1.54, 1.807) is 0 Å². The number of hydrogen-bond donors (Lipinski definition) is 4. The lowest BCUT2D eigenvalue weighted by Crippen LogP contribution is -2.50. The minimum absolute atomic E-state index is 0.304. The fourth-order valence-corrected chi connectivity index (χ4v) is 7.46. The van der Waals surface area contributed by atoms with Gasteiger partial charge in [-0.2, -0.15) is 8.42 Å². The molecule has 0 aromatic rings. The van der Waals surface area contributed by atoms with Crippen LogP contribution in [0.15, 0.2) is 0 Å². The molecular formula is C40H81NO6S. The Kier molecular flexibility index (Phi) is 34.2. The second-order valence-corrected chi connectivity index (χ2v) is 16.3. The van der Waals surface area contributed by atoms with Crippen molar-refractivity contribution in [1.29, 1.82) is 0 Å². The molecule has 288 valence electrons. The summed E-state index contributed by atoms with van der Waals surface area (Å²) in [5.41, 5.74) is 0. The molecule has 0 rings (SSSR count). The van der Waals surface area contributed by atoms with Gasteiger partial charge in [0.2, 0.25) is 5.91 Å². The molecule has 0 aromatic carbocycles. The van der Waals surface area contributed by atoms with Crippen LogP contribution in [0.1, 0.15) is 226 Å². The molecule has 0 fully saturated rings. The van der Waals surface area contributed by atoms with Crippen LogP contribution in [0.2, 0.25) is 0 Å². The van der Waals surface area contributed by atoms with Gasteiger partial charge in [-0.05, 0) is 12.8 Å². The number of hydrogen-bond acceptors (Lipinski definition) is 5. The maximum atomic E-state index is 12.6. The predicted molar refractivity (Wildman–Crippen MR) is 204 cm³/mol. The lowest BCUT2D eigenvalue weighted by molar-refractivity contribution is -0.131. The summed E-state index contributed by atoms with van der Waals surface area (Å²) in [5, 5.41) is 23.5. The molecule has 0 heterocycles. The van der Waals surface area contributed by atoms with Crippen LogP contribution in [0.4, 0.5) is 0 Å². The first kappa shape index (κ1) is 47.3. The lowest BCUT2D eigenvalue weighted by atomic mass is 10.0. The number of aliphatic hydroxyl groups is 2. The Bertz CT molecular complexity index is 793. The first-order valence-corrected chi connectivity index (χ1v) is 22.4. The largest absolute Gasteiger partial charge is 0.391 e. The first-order chi connectivity index (χ1) is 23.2. The topological polar surface area (TPSA) is 124 Å². The van der Waals surface area contributed by atoms with Gasteiger partial charge in [0.1, 0.15) is 6.10 Å². The second-order valence-electron chi connectivity index (χ2n) is 14.8. The zero-order chi connectivity index (χ0) is 35.6. The minimum Gasteiger partial charge on any atom is -0.391 e. The number of amides is 1. The van der Waals surface area contributed by atoms with Crippen molar-refractivity contribution < 1.29 is 28.0 Å². The van der Waals surface area contributed by atoms with Crippen LogP contribution in [0.25, 0.3) is 0 Å². The van der Waals surface area contributed by atoms with Crippen molar-refractivity contribution in [3.05, 3.63) is 0 Å². The van der Waals surface area contributed by atoms with Gasteiger partial charge in [-0.15, -0.1) is 0 Å². The first-order valence-electron chi connectivity index (χ1n) is 20.8. The van der Waals surface area contributed by atoms with E-state index in [0.29, 0.717) is 12.8 Å². The number of carbonyl (C=O) groups is 1. The Hall–Kier alpha value is -0.700. The van der Waals surface area contributed by atoms with Crippen molar-refractivity contribution in [2.75, 3.05) is 5.75 Å². The number of unbranched alkanes of at least 4 members (excludes halogenated alkanes) is 29. The van der Waals surface area contributed by atoms with E-state index in [9.17, 15) is 28.0 Å². The molecule has 0 aliphatic heterocycles. The maximum absolute atomic E-state index is 12.6. The zero-order valence-corrected chi connectivity index (χ0v) is 32.6. The van der Waals surface area contributed by atoms with Gasteiger partial charge in [0.15, 0.2) is 0 Å². The second kappa shape index (κ2) is 34.7. The van der Waals surface area contributed by atoms with Gasteiger partial charge < -0.3 is 15.5 Å². The van der Waals surface area contributed by atoms with Crippen molar-refractivity contribution in [2.45, 2.75) is 244 Å². The number of nitrogens with one attached hydrogen (secondary N) is 1. The average Bonchev–Trinajstić information content (AvgIpc) is 3.05. The van der Waals surface area contributed by atoms with E-state index in [1.165, 1.54) is 154 Å². The molecule has 0 aliphatic carbocycles. The highest BCUT2D eigenvalue weighted by atomic mass is 32.2. The Labute approximate surface area is 298 Å². The summed E-state index contributed by atoms with van der Waals surface area (Å²) >= 11 is 0. The Morgan fingerprint density at radius 1 is 0.479 bits per heavy atom. The van der Waals surface area contributed by atoms with Gasteiger partial charge in [-0.1, -0.05) is 213 Å². The van der Waals surface area contributed by atoms with E-state index in [0.717, 1.165) is 44.9 Å². The Balaban J connectivity index is 3.93. The smallest absolute Gasteiger partial charge is 0.266 e. The maximum Gasteiger partial charge on any atom is 0.266 e. The van der Waals surface area contributed by atoms with E-state index in [-0.39, 0.29) is 0 Å². The van der Waals surface area contributed by atoms with E-state index in [1.807, 2.05) is 0 Å². The molecule has 0 aromatic heterocycles. The number of carbonyl (C=O) groups excluding carboxylic acids is 1. The van der Waals surface area contributed by atoms with Crippen molar-refractivity contribution >= 4 is 16.0 Å². The molecule has 4 N–H and O–H groups in total. The van der Waals surface area contributed by atoms with E-state index in [2.05, 4.69) is 19.2 Å². The van der Waals surface area contributed by atoms with Crippen molar-refractivity contribution in [2.24, 2.45) is 0 Å². The predicted octanol–water partition coefficient (Wildman–Crippen LogP) is 11.0. The van der Waals surface area contributed by atoms with Gasteiger partial charge in [0.25, 0.3) is 10.1 Å². The summed E-state index contributed by atoms with van der Waals surface area (Å²) in [6.07, 6.45) is 36.9. The summed E-state index contributed by atoms with van der Waals surface area (Å²) in [5.74, 6) is -1.44. The third-order valence-corrected chi connectivity index (χ3v) is 10.7. The lowest BCUT2D eigenvalue weighted by Gasteiger charge is -2.24. The third kappa shape index (κ3) is 33.8. The van der Waals surface area contributed by atoms with E-state index >= 15 is 0 Å². The SMILES string of the molecule is CCCCCCCCCCCCCCCCCCCC(O)C(=O)NC(CS(=O)(=O)O)C(O)CCCCCCCCCCCCCCCC. The summed E-state index contributed by atoms with van der Waals surface area (Å²) in [7, 11) is -4.40. The van der Waals surface area contributed by atoms with Gasteiger partial charge in [-0.25, -0.2) is 0 Å². The van der Waals surface area contributed by atoms with Crippen LogP contribution >= 0.6 is 0 Å². The van der Waals surface area contributed by atoms with Gasteiger partial charge in [-0.3, -0.25) is 9.35 Å². The highest BCUT2D eigenvalue weighted by molar-refractivity contribution is 7.85. The molecule has 0 saturated carbocycles. The Morgan fingerprint density at radius 3 is 1.04 bits per heavy atom. The molecule has 48 heavy (non-hydrogen) atoms. The van der Waals surface area contributed by atoms with Crippen LogP contribution < -0.4 is 5.32 Å². The molecule has 0 radical (unpaired) electrons. The minimum atomic E-state index is -4.40. The van der Waals surface area contributed by atoms with Crippen molar-refractivity contribution in [1.82, 2.24) is 5.32 Å². The summed E-state index contributed by atoms with van der Waals surface area (Å²) < 4.78 is 32.5. The van der Waals surface area contributed by atoms with Crippen molar-refractivity contribution in [3.8, 4) is 0 Å². The third-order valence-electron chi connectivity index (χ3n) is 9.92. The van der Waals surface area contributed by atoms with E-state index in [4.69, 9.17) is 0 Å². The van der Waals surface area contributed by atoms with Crippen LogP contribution in [-0.4, -0.2) is 53.1 Å². The molecule has 7 nitrogen and oxygen atoms in total. The highest BCUT2D eigenvalue weighted by Gasteiger charge is 2.28. The average molecular weight is 704 g/mol. The van der Waals surface area contributed by atoms with Crippen LogP contribution in [-0.2, 0) is 14.9 Å². The molecule has 8 heteroatoms. The molecular weight excluding hydrogens is 623 g/mol. The molecule has 1 amide bonds. The van der Waals surface area contributed by atoms with E-state index < -0.39 is 40.0 Å². The summed E-state index contributed by atoms with van der Waals surface area (Å²) in [6.45, 7) is 4.51. The van der Waals surface area contributed by atoms with Crippen molar-refractivity contribution in [3.63, 3.8) is 0 Å². The van der Waals surface area contributed by atoms with Crippen LogP contribution in [0, 0.1) is 0 Å². The van der Waals surface area contributed by atoms with Gasteiger partial charge in [0.05, 0.1) is 17.9 Å². The quantitative estimate of drug-likeness (QED) is 0.0375. The molecule has 0 aliphatic rings. The highest BCUT2D eigenvalue weighted by Crippen LogP contribution is 2.17. The molecule has 3 unspecified atom stereocenters. The number of aliphatic hydroxyl groups excluding tert-OH is 2. The molecule has 0 spiro atoms. The molecule has 0 saturated heterocycles. The van der Waals surface area contributed by atoms with Gasteiger partial charge >= 0.3 is 0 Å². The standard InChI is InChI=1S/C40H81NO6S/c1-3-5-7-9-11-13-15-17-19-20-21-23-25-27-29-31-33-35-39(43)40(44)41-37(36-48(45,46)47)38(42)34-32-30-28-26-24-22-18-16-14-12-10-8-6-4-2/h37-39,42-43H,3-36H2,1-2H3,(H,41,44)(H,45,46,47).